The van der Waals surface area contributed by atoms with Crippen LogP contribution in [0, 0.1) is 6.92 Å². The molecule has 0 aliphatic heterocycles. The fraction of sp³-hybridized carbons (Fsp3) is 0.462. The van der Waals surface area contributed by atoms with Gasteiger partial charge in [-0.15, -0.1) is 0 Å². The van der Waals surface area contributed by atoms with E-state index in [1.54, 1.807) is 36.1 Å². The summed E-state index contributed by atoms with van der Waals surface area (Å²) in [5.74, 6) is -0.415. The SMILES string of the molecule is CC[C@H](C)NC(=O)[C@@H](C)N(Cc1cccc(C)c1)C(=O)CCCN(c1ccc(Cl)cc1)S(C)(=O)=O. The van der Waals surface area contributed by atoms with Gasteiger partial charge in [-0.3, -0.25) is 13.9 Å². The van der Waals surface area contributed by atoms with Crippen LogP contribution in [-0.4, -0.2) is 50.0 Å². The van der Waals surface area contributed by atoms with Crippen LogP contribution >= 0.6 is 11.6 Å². The molecule has 0 saturated heterocycles. The molecule has 0 radical (unpaired) electrons. The van der Waals surface area contributed by atoms with Crippen LogP contribution in [0.5, 0.6) is 0 Å². The molecule has 0 aliphatic rings. The Morgan fingerprint density at radius 2 is 1.74 bits per heavy atom. The Labute approximate surface area is 214 Å². The van der Waals surface area contributed by atoms with E-state index in [2.05, 4.69) is 5.32 Å². The normalized spacial score (nSPS) is 13.1. The van der Waals surface area contributed by atoms with E-state index in [1.807, 2.05) is 45.0 Å². The van der Waals surface area contributed by atoms with E-state index in [0.29, 0.717) is 23.7 Å². The van der Waals surface area contributed by atoms with Gasteiger partial charge >= 0.3 is 0 Å². The van der Waals surface area contributed by atoms with Crippen LogP contribution in [0.25, 0.3) is 0 Å². The first-order chi connectivity index (χ1) is 16.4. The molecule has 7 nitrogen and oxygen atoms in total. The van der Waals surface area contributed by atoms with Crippen LogP contribution in [-0.2, 0) is 26.2 Å². The maximum absolute atomic E-state index is 13.3. The first-order valence-electron chi connectivity index (χ1n) is 11.8. The van der Waals surface area contributed by atoms with Gasteiger partial charge in [0.2, 0.25) is 21.8 Å². The van der Waals surface area contributed by atoms with E-state index >= 15 is 0 Å². The highest BCUT2D eigenvalue weighted by Gasteiger charge is 2.27. The Bertz CT molecular complexity index is 1110. The summed E-state index contributed by atoms with van der Waals surface area (Å²) in [6, 6.07) is 13.7. The maximum Gasteiger partial charge on any atom is 0.242 e. The monoisotopic (exact) mass is 521 g/mol. The standard InChI is InChI=1S/C26H36ClN3O4S/c1-6-20(3)28-26(32)21(4)29(18-22-10-7-9-19(2)17-22)25(31)11-8-16-30(35(5,33)34)24-14-12-23(27)13-15-24/h7,9-10,12-15,17,20-21H,6,8,11,16,18H2,1-5H3,(H,28,32)/t20-,21+/m0/s1. The summed E-state index contributed by atoms with van der Waals surface area (Å²) in [6.07, 6.45) is 2.33. The van der Waals surface area contributed by atoms with Gasteiger partial charge < -0.3 is 10.2 Å². The summed E-state index contributed by atoms with van der Waals surface area (Å²) in [5, 5.41) is 3.46. The molecule has 1 N–H and O–H groups in total. The number of amides is 2. The van der Waals surface area contributed by atoms with Crippen molar-refractivity contribution in [3.8, 4) is 0 Å². The number of nitrogens with one attached hydrogen (secondary N) is 1. The lowest BCUT2D eigenvalue weighted by Crippen LogP contribution is -2.49. The molecule has 9 heteroatoms. The van der Waals surface area contributed by atoms with Crippen molar-refractivity contribution >= 4 is 39.1 Å². The number of carbonyl (C=O) groups is 2. The Morgan fingerprint density at radius 3 is 2.31 bits per heavy atom. The number of benzene rings is 2. The van der Waals surface area contributed by atoms with Crippen LogP contribution in [0.3, 0.4) is 0 Å². The molecule has 0 heterocycles. The van der Waals surface area contributed by atoms with Crippen molar-refractivity contribution in [2.45, 2.75) is 65.6 Å². The van der Waals surface area contributed by atoms with E-state index < -0.39 is 16.1 Å². The quantitative estimate of drug-likeness (QED) is 0.444. The van der Waals surface area contributed by atoms with Gasteiger partial charge in [-0.05, 0) is 63.4 Å². The van der Waals surface area contributed by atoms with Crippen molar-refractivity contribution in [3.05, 3.63) is 64.7 Å². The van der Waals surface area contributed by atoms with Crippen molar-refractivity contribution in [1.82, 2.24) is 10.2 Å². The van der Waals surface area contributed by atoms with E-state index in [4.69, 9.17) is 11.6 Å². The lowest BCUT2D eigenvalue weighted by Gasteiger charge is -2.30. The summed E-state index contributed by atoms with van der Waals surface area (Å²) >= 11 is 5.93. The molecule has 2 amide bonds. The number of aryl methyl sites for hydroxylation is 1. The second-order valence-corrected chi connectivity index (χ2v) is 11.3. The number of nitrogens with zero attached hydrogens (tertiary/aromatic N) is 2. The fourth-order valence-corrected chi connectivity index (χ4v) is 4.76. The minimum absolute atomic E-state index is 0.00330. The highest BCUT2D eigenvalue weighted by Crippen LogP contribution is 2.21. The van der Waals surface area contributed by atoms with Gasteiger partial charge in [0.1, 0.15) is 6.04 Å². The van der Waals surface area contributed by atoms with Gasteiger partial charge in [-0.1, -0.05) is 48.4 Å². The van der Waals surface area contributed by atoms with Crippen LogP contribution in [0.2, 0.25) is 5.02 Å². The predicted molar refractivity (Wildman–Crippen MR) is 142 cm³/mol. The average molecular weight is 522 g/mol. The first kappa shape index (κ1) is 28.7. The van der Waals surface area contributed by atoms with Crippen molar-refractivity contribution in [2.24, 2.45) is 0 Å². The molecule has 0 fully saturated rings. The van der Waals surface area contributed by atoms with Gasteiger partial charge in [0.25, 0.3) is 0 Å². The molecule has 2 aromatic carbocycles. The third kappa shape index (κ3) is 8.85. The van der Waals surface area contributed by atoms with E-state index in [1.165, 1.54) is 4.31 Å². The van der Waals surface area contributed by atoms with Crippen LogP contribution < -0.4 is 9.62 Å². The van der Waals surface area contributed by atoms with Gasteiger partial charge in [-0.2, -0.15) is 0 Å². The van der Waals surface area contributed by atoms with Crippen LogP contribution in [0.15, 0.2) is 48.5 Å². The lowest BCUT2D eigenvalue weighted by molar-refractivity contribution is -0.140. The number of hydrogen-bond acceptors (Lipinski definition) is 4. The second-order valence-electron chi connectivity index (χ2n) is 8.92. The second kappa shape index (κ2) is 12.9. The Hall–Kier alpha value is -2.58. The molecule has 0 aromatic heterocycles. The molecule has 0 bridgehead atoms. The third-order valence-electron chi connectivity index (χ3n) is 5.87. The van der Waals surface area contributed by atoms with Gasteiger partial charge in [0.15, 0.2) is 0 Å². The number of rotatable bonds is 12. The molecule has 192 valence electrons. The summed E-state index contributed by atoms with van der Waals surface area (Å²) in [7, 11) is -3.55. The average Bonchev–Trinajstić information content (AvgIpc) is 2.79. The zero-order chi connectivity index (χ0) is 26.2. The maximum atomic E-state index is 13.3. The van der Waals surface area contributed by atoms with Crippen molar-refractivity contribution < 1.29 is 18.0 Å². The minimum Gasteiger partial charge on any atom is -0.352 e. The Balaban J connectivity index is 2.16. The molecule has 0 saturated carbocycles. The largest absolute Gasteiger partial charge is 0.352 e. The van der Waals surface area contributed by atoms with Crippen LogP contribution in [0.1, 0.15) is 51.2 Å². The van der Waals surface area contributed by atoms with Crippen molar-refractivity contribution in [1.29, 1.82) is 0 Å². The number of carbonyl (C=O) groups excluding carboxylic acids is 2. The zero-order valence-electron chi connectivity index (χ0n) is 21.1. The highest BCUT2D eigenvalue weighted by molar-refractivity contribution is 7.92. The summed E-state index contributed by atoms with van der Waals surface area (Å²) < 4.78 is 26.0. The molecular weight excluding hydrogens is 486 g/mol. The van der Waals surface area contributed by atoms with Gasteiger partial charge in [0, 0.05) is 30.6 Å². The number of anilines is 1. The van der Waals surface area contributed by atoms with E-state index in [0.717, 1.165) is 23.8 Å². The van der Waals surface area contributed by atoms with Gasteiger partial charge in [-0.25, -0.2) is 8.42 Å². The molecule has 2 rings (SSSR count). The predicted octanol–water partition coefficient (Wildman–Crippen LogP) is 4.53. The molecule has 2 aromatic rings. The third-order valence-corrected chi connectivity index (χ3v) is 7.32. The topological polar surface area (TPSA) is 86.8 Å². The number of hydrogen-bond donors (Lipinski definition) is 1. The molecule has 35 heavy (non-hydrogen) atoms. The number of halogens is 1. The molecule has 2 atom stereocenters. The first-order valence-corrected chi connectivity index (χ1v) is 14.0. The molecule has 0 unspecified atom stereocenters. The fourth-order valence-electron chi connectivity index (χ4n) is 3.67. The smallest absolute Gasteiger partial charge is 0.242 e. The Kier molecular flexibility index (Phi) is 10.6. The Morgan fingerprint density at radius 1 is 1.09 bits per heavy atom. The van der Waals surface area contributed by atoms with Crippen molar-refractivity contribution in [3.63, 3.8) is 0 Å². The zero-order valence-corrected chi connectivity index (χ0v) is 22.7. The molecular formula is C26H36ClN3O4S. The minimum atomic E-state index is -3.55. The van der Waals surface area contributed by atoms with E-state index in [-0.39, 0.29) is 30.8 Å². The van der Waals surface area contributed by atoms with Crippen molar-refractivity contribution in [2.75, 3.05) is 17.1 Å². The summed E-state index contributed by atoms with van der Waals surface area (Å²) in [6.45, 7) is 8.04. The van der Waals surface area contributed by atoms with Crippen LogP contribution in [0.4, 0.5) is 5.69 Å². The lowest BCUT2D eigenvalue weighted by atomic mass is 10.1. The molecule has 0 spiro atoms. The van der Waals surface area contributed by atoms with Gasteiger partial charge in [0.05, 0.1) is 11.9 Å². The highest BCUT2D eigenvalue weighted by atomic mass is 35.5. The number of sulfonamides is 1. The summed E-state index contributed by atoms with van der Waals surface area (Å²) in [5.41, 5.74) is 2.49. The van der Waals surface area contributed by atoms with E-state index in [9.17, 15) is 18.0 Å². The summed E-state index contributed by atoms with van der Waals surface area (Å²) in [4.78, 5) is 27.7. The molecule has 0 aliphatic carbocycles.